The maximum Gasteiger partial charge on any atom is 0.323 e. The number of imidazole rings is 1. The Labute approximate surface area is 132 Å². The summed E-state index contributed by atoms with van der Waals surface area (Å²) in [6.07, 6.45) is 1.39. The minimum atomic E-state index is -0.277. The molecule has 1 aliphatic rings. The summed E-state index contributed by atoms with van der Waals surface area (Å²) in [5.74, 6) is -0.468. The average Bonchev–Trinajstić information content (AvgIpc) is 2.87. The number of anilines is 1. The van der Waals surface area contributed by atoms with E-state index in [1.807, 2.05) is 4.90 Å². The van der Waals surface area contributed by atoms with Crippen molar-refractivity contribution in [2.75, 3.05) is 25.0 Å². The van der Waals surface area contributed by atoms with Gasteiger partial charge in [0.1, 0.15) is 0 Å². The molecule has 1 aromatic carbocycles. The van der Waals surface area contributed by atoms with Crippen LogP contribution in [-0.2, 0) is 9.59 Å². The fourth-order valence-corrected chi connectivity index (χ4v) is 2.89. The number of carbonyl (C=O) groups excluding carboxylic acids is 2. The van der Waals surface area contributed by atoms with Crippen LogP contribution in [0.2, 0.25) is 0 Å². The third-order valence-electron chi connectivity index (χ3n) is 4.16. The first-order valence-electron chi connectivity index (χ1n) is 7.55. The van der Waals surface area contributed by atoms with Crippen LogP contribution >= 0.6 is 0 Å². The molecule has 1 aromatic heterocycles. The van der Waals surface area contributed by atoms with E-state index in [0.29, 0.717) is 42.7 Å². The molecule has 3 rings (SSSR count). The van der Waals surface area contributed by atoms with Gasteiger partial charge in [-0.1, -0.05) is 0 Å². The zero-order valence-corrected chi connectivity index (χ0v) is 12.6. The number of nitrogens with one attached hydrogen (secondary N) is 3. The summed E-state index contributed by atoms with van der Waals surface area (Å²) >= 11 is 0. The number of hydrogen-bond donors (Lipinski definition) is 4. The van der Waals surface area contributed by atoms with Gasteiger partial charge in [-0.25, -0.2) is 4.79 Å². The fourth-order valence-electron chi connectivity index (χ4n) is 2.89. The predicted molar refractivity (Wildman–Crippen MR) is 85.9 cm³/mol. The summed E-state index contributed by atoms with van der Waals surface area (Å²) in [7, 11) is 0. The zero-order chi connectivity index (χ0) is 16.4. The van der Waals surface area contributed by atoms with Crippen LogP contribution in [0.25, 0.3) is 11.0 Å². The number of aromatic amines is 2. The molecule has 23 heavy (non-hydrogen) atoms. The number of rotatable bonds is 4. The van der Waals surface area contributed by atoms with Gasteiger partial charge < -0.3 is 21.0 Å². The van der Waals surface area contributed by atoms with E-state index in [9.17, 15) is 14.4 Å². The third kappa shape index (κ3) is 3.59. The molecular formula is C15H19N5O3. The van der Waals surface area contributed by atoms with E-state index >= 15 is 0 Å². The Morgan fingerprint density at radius 2 is 1.91 bits per heavy atom. The van der Waals surface area contributed by atoms with Gasteiger partial charge in [0.05, 0.1) is 17.6 Å². The Bertz CT molecular complexity index is 786. The zero-order valence-electron chi connectivity index (χ0n) is 12.6. The van der Waals surface area contributed by atoms with Crippen molar-refractivity contribution in [1.82, 2.24) is 14.9 Å². The first-order valence-corrected chi connectivity index (χ1v) is 7.55. The van der Waals surface area contributed by atoms with E-state index in [2.05, 4.69) is 15.3 Å². The number of aromatic nitrogens is 2. The van der Waals surface area contributed by atoms with Crippen molar-refractivity contribution in [2.24, 2.45) is 11.7 Å². The molecule has 0 radical (unpaired) electrons. The Morgan fingerprint density at radius 3 is 2.61 bits per heavy atom. The van der Waals surface area contributed by atoms with Gasteiger partial charge in [0.25, 0.3) is 0 Å². The number of H-pyrrole nitrogens is 2. The molecule has 0 saturated carbocycles. The van der Waals surface area contributed by atoms with Crippen molar-refractivity contribution >= 4 is 28.5 Å². The molecule has 0 bridgehead atoms. The lowest BCUT2D eigenvalue weighted by molar-refractivity contribution is -0.123. The van der Waals surface area contributed by atoms with E-state index in [4.69, 9.17) is 5.73 Å². The quantitative estimate of drug-likeness (QED) is 0.633. The van der Waals surface area contributed by atoms with E-state index in [0.717, 1.165) is 0 Å². The lowest BCUT2D eigenvalue weighted by Gasteiger charge is -2.29. The summed E-state index contributed by atoms with van der Waals surface area (Å²) in [6, 6.07) is 5.19. The summed E-state index contributed by atoms with van der Waals surface area (Å²) < 4.78 is 0. The number of carbonyl (C=O) groups is 2. The Balaban J connectivity index is 1.56. The normalized spacial score (nSPS) is 16.5. The topological polar surface area (TPSA) is 124 Å². The van der Waals surface area contributed by atoms with Gasteiger partial charge in [0, 0.05) is 11.6 Å². The van der Waals surface area contributed by atoms with Crippen molar-refractivity contribution in [2.45, 2.75) is 12.8 Å². The SMILES string of the molecule is NC(=O)C1CCN(CC(=O)Nc2ccc3[nH]c(=O)[nH]c3c2)CC1. The number of hydrogen-bond acceptors (Lipinski definition) is 4. The van der Waals surface area contributed by atoms with E-state index in [1.54, 1.807) is 18.2 Å². The van der Waals surface area contributed by atoms with Crippen molar-refractivity contribution in [3.63, 3.8) is 0 Å². The highest BCUT2D eigenvalue weighted by Gasteiger charge is 2.24. The average molecular weight is 317 g/mol. The van der Waals surface area contributed by atoms with E-state index < -0.39 is 0 Å². The van der Waals surface area contributed by atoms with Crippen molar-refractivity contribution in [3.8, 4) is 0 Å². The molecule has 2 heterocycles. The number of primary amides is 1. The van der Waals surface area contributed by atoms with Crippen molar-refractivity contribution in [3.05, 3.63) is 28.7 Å². The summed E-state index contributed by atoms with van der Waals surface area (Å²) in [4.78, 5) is 41.8. The molecule has 5 N–H and O–H groups in total. The second-order valence-electron chi connectivity index (χ2n) is 5.84. The van der Waals surface area contributed by atoms with Gasteiger partial charge in [-0.2, -0.15) is 0 Å². The molecule has 1 fully saturated rings. The fraction of sp³-hybridized carbons (Fsp3) is 0.400. The smallest absolute Gasteiger partial charge is 0.323 e. The molecule has 8 nitrogen and oxygen atoms in total. The van der Waals surface area contributed by atoms with Crippen LogP contribution in [-0.4, -0.2) is 46.3 Å². The molecule has 0 atom stereocenters. The summed E-state index contributed by atoms with van der Waals surface area (Å²) in [6.45, 7) is 1.64. The lowest BCUT2D eigenvalue weighted by Crippen LogP contribution is -2.42. The largest absolute Gasteiger partial charge is 0.369 e. The molecule has 0 aliphatic carbocycles. The van der Waals surface area contributed by atoms with Crippen LogP contribution in [0.4, 0.5) is 5.69 Å². The highest BCUT2D eigenvalue weighted by Crippen LogP contribution is 2.17. The molecular weight excluding hydrogens is 298 g/mol. The van der Waals surface area contributed by atoms with E-state index in [-0.39, 0.29) is 30.0 Å². The molecule has 2 aromatic rings. The Kier molecular flexibility index (Phi) is 4.16. The Hall–Kier alpha value is -2.61. The molecule has 0 spiro atoms. The molecule has 1 aliphatic heterocycles. The standard InChI is InChI=1S/C15H19N5O3/c16-14(22)9-3-5-20(6-4-9)8-13(21)17-10-1-2-11-12(7-10)19-15(23)18-11/h1-2,7,9H,3-6,8H2,(H2,16,22)(H,17,21)(H2,18,19,23). The summed E-state index contributed by atoms with van der Waals surface area (Å²) in [5, 5.41) is 2.82. The van der Waals surface area contributed by atoms with Gasteiger partial charge in [-0.3, -0.25) is 14.5 Å². The molecule has 8 heteroatoms. The maximum atomic E-state index is 12.1. The van der Waals surface area contributed by atoms with Crippen LogP contribution in [0.3, 0.4) is 0 Å². The molecule has 0 unspecified atom stereocenters. The van der Waals surface area contributed by atoms with Gasteiger partial charge in [-0.05, 0) is 44.1 Å². The van der Waals surface area contributed by atoms with Crippen molar-refractivity contribution in [1.29, 1.82) is 0 Å². The van der Waals surface area contributed by atoms with Crippen LogP contribution < -0.4 is 16.7 Å². The number of likely N-dealkylation sites (tertiary alicyclic amines) is 1. The third-order valence-corrected chi connectivity index (χ3v) is 4.16. The Morgan fingerprint density at radius 1 is 1.22 bits per heavy atom. The van der Waals surface area contributed by atoms with Crippen LogP contribution in [0.5, 0.6) is 0 Å². The van der Waals surface area contributed by atoms with Crippen LogP contribution in [0.15, 0.2) is 23.0 Å². The first-order chi connectivity index (χ1) is 11.0. The maximum absolute atomic E-state index is 12.1. The molecule has 122 valence electrons. The highest BCUT2D eigenvalue weighted by atomic mass is 16.2. The van der Waals surface area contributed by atoms with E-state index in [1.165, 1.54) is 0 Å². The number of amides is 2. The number of nitrogens with two attached hydrogens (primary N) is 1. The first kappa shape index (κ1) is 15.3. The number of benzene rings is 1. The number of piperidine rings is 1. The monoisotopic (exact) mass is 317 g/mol. The van der Waals surface area contributed by atoms with Gasteiger partial charge >= 0.3 is 5.69 Å². The highest BCUT2D eigenvalue weighted by molar-refractivity contribution is 5.94. The van der Waals surface area contributed by atoms with Gasteiger partial charge in [0.2, 0.25) is 11.8 Å². The minimum Gasteiger partial charge on any atom is -0.369 e. The van der Waals surface area contributed by atoms with Crippen LogP contribution in [0.1, 0.15) is 12.8 Å². The predicted octanol–water partition coefficient (Wildman–Crippen LogP) is -0.00800. The minimum absolute atomic E-state index is 0.0814. The number of fused-ring (bicyclic) bond motifs is 1. The molecule has 2 amide bonds. The van der Waals surface area contributed by atoms with Gasteiger partial charge in [-0.15, -0.1) is 0 Å². The molecule has 1 saturated heterocycles. The second kappa shape index (κ2) is 6.25. The van der Waals surface area contributed by atoms with Gasteiger partial charge in [0.15, 0.2) is 0 Å². The second-order valence-corrected chi connectivity index (χ2v) is 5.84. The lowest BCUT2D eigenvalue weighted by atomic mass is 9.96. The summed E-state index contributed by atoms with van der Waals surface area (Å²) in [5.41, 5.74) is 7.00. The number of nitrogens with zero attached hydrogens (tertiary/aromatic N) is 1. The van der Waals surface area contributed by atoms with Crippen molar-refractivity contribution < 1.29 is 9.59 Å². The van der Waals surface area contributed by atoms with Crippen LogP contribution in [0, 0.1) is 5.92 Å².